The van der Waals surface area contributed by atoms with E-state index in [0.29, 0.717) is 6.54 Å². The number of H-pyrrole nitrogens is 1. The molecule has 1 aromatic heterocycles. The number of amides is 1. The van der Waals surface area contributed by atoms with Gasteiger partial charge in [0.15, 0.2) is 11.5 Å². The SMILES string of the molecule is CSNCc1cc(NC(=O)C2(c3ccc4c(c3)OCO4)CC2)cc2cc(C(C)(C)C)[nH]c12. The number of fused-ring (bicyclic) bond motifs is 2. The molecule has 2 aliphatic rings. The average Bonchev–Trinajstić information content (AvgIpc) is 3.22. The molecule has 3 N–H and O–H groups in total. The Morgan fingerprint density at radius 1 is 1.12 bits per heavy atom. The molecule has 1 aliphatic carbocycles. The van der Waals surface area contributed by atoms with Gasteiger partial charge in [-0.15, -0.1) is 0 Å². The lowest BCUT2D eigenvalue weighted by Crippen LogP contribution is -2.27. The smallest absolute Gasteiger partial charge is 0.235 e. The molecular formula is C25H29N3O3S. The van der Waals surface area contributed by atoms with Crippen LogP contribution in [-0.2, 0) is 22.2 Å². The van der Waals surface area contributed by atoms with Crippen molar-refractivity contribution < 1.29 is 14.3 Å². The van der Waals surface area contributed by atoms with Crippen molar-refractivity contribution in [3.05, 3.63) is 53.2 Å². The molecule has 0 atom stereocenters. The van der Waals surface area contributed by atoms with Crippen LogP contribution in [0.15, 0.2) is 36.4 Å². The lowest BCUT2D eigenvalue weighted by atomic mass is 9.92. The fraction of sp³-hybridized carbons (Fsp3) is 0.400. The summed E-state index contributed by atoms with van der Waals surface area (Å²) in [5.74, 6) is 1.49. The van der Waals surface area contributed by atoms with Crippen LogP contribution in [0.5, 0.6) is 11.5 Å². The first-order valence-corrected chi connectivity index (χ1v) is 12.2. The number of rotatable bonds is 6. The topological polar surface area (TPSA) is 75.4 Å². The van der Waals surface area contributed by atoms with Crippen LogP contribution in [0.1, 0.15) is 50.4 Å². The van der Waals surface area contributed by atoms with Crippen molar-refractivity contribution in [1.82, 2.24) is 9.71 Å². The van der Waals surface area contributed by atoms with Crippen molar-refractivity contribution in [3.8, 4) is 11.5 Å². The highest BCUT2D eigenvalue weighted by atomic mass is 32.2. The van der Waals surface area contributed by atoms with Crippen molar-refractivity contribution >= 4 is 34.4 Å². The molecule has 6 nitrogen and oxygen atoms in total. The summed E-state index contributed by atoms with van der Waals surface area (Å²) in [6.07, 6.45) is 3.68. The molecule has 1 saturated carbocycles. The molecule has 0 radical (unpaired) electrons. The van der Waals surface area contributed by atoms with Crippen LogP contribution in [0.3, 0.4) is 0 Å². The van der Waals surface area contributed by atoms with E-state index in [1.165, 1.54) is 5.69 Å². The zero-order chi connectivity index (χ0) is 22.5. The van der Waals surface area contributed by atoms with Crippen LogP contribution in [0.2, 0.25) is 0 Å². The van der Waals surface area contributed by atoms with Crippen molar-refractivity contribution in [2.75, 3.05) is 18.4 Å². The van der Waals surface area contributed by atoms with E-state index in [2.05, 4.69) is 54.0 Å². The molecule has 7 heteroatoms. The molecule has 2 heterocycles. The molecule has 1 aliphatic heterocycles. The minimum atomic E-state index is -0.498. The van der Waals surface area contributed by atoms with Gasteiger partial charge in [-0.2, -0.15) is 0 Å². The predicted octanol–water partition coefficient (Wildman–Crippen LogP) is 5.23. The van der Waals surface area contributed by atoms with Crippen LogP contribution < -0.4 is 19.5 Å². The van der Waals surface area contributed by atoms with E-state index in [4.69, 9.17) is 9.47 Å². The Balaban J connectivity index is 1.46. The van der Waals surface area contributed by atoms with E-state index in [1.54, 1.807) is 11.9 Å². The predicted molar refractivity (Wildman–Crippen MR) is 129 cm³/mol. The summed E-state index contributed by atoms with van der Waals surface area (Å²) in [6.45, 7) is 7.53. The van der Waals surface area contributed by atoms with E-state index in [0.717, 1.165) is 52.1 Å². The Hall–Kier alpha value is -2.64. The molecule has 3 aromatic rings. The quantitative estimate of drug-likeness (QED) is 0.447. The highest BCUT2D eigenvalue weighted by Crippen LogP contribution is 2.51. The second-order valence-electron chi connectivity index (χ2n) is 9.66. The number of carbonyl (C=O) groups is 1. The van der Waals surface area contributed by atoms with Gasteiger partial charge < -0.3 is 19.8 Å². The highest BCUT2D eigenvalue weighted by Gasteiger charge is 2.51. The Bertz CT molecular complexity index is 1190. The van der Waals surface area contributed by atoms with Crippen molar-refractivity contribution in [1.29, 1.82) is 0 Å². The van der Waals surface area contributed by atoms with Gasteiger partial charge in [-0.05, 0) is 60.6 Å². The number of aromatic nitrogens is 1. The van der Waals surface area contributed by atoms with Gasteiger partial charge in [-0.25, -0.2) is 0 Å². The van der Waals surface area contributed by atoms with Gasteiger partial charge in [0, 0.05) is 28.7 Å². The third-order valence-corrected chi connectivity index (χ3v) is 6.83. The number of benzene rings is 2. The number of hydrogen-bond acceptors (Lipinski definition) is 5. The maximum absolute atomic E-state index is 13.4. The zero-order valence-corrected chi connectivity index (χ0v) is 19.7. The fourth-order valence-corrected chi connectivity index (χ4v) is 4.60. The van der Waals surface area contributed by atoms with Crippen LogP contribution in [0, 0.1) is 0 Å². The number of ether oxygens (including phenoxy) is 2. The molecule has 0 unspecified atom stereocenters. The average molecular weight is 452 g/mol. The van der Waals surface area contributed by atoms with E-state index in [9.17, 15) is 4.79 Å². The molecule has 2 aromatic carbocycles. The molecule has 1 fully saturated rings. The van der Waals surface area contributed by atoms with Crippen LogP contribution in [0.4, 0.5) is 5.69 Å². The van der Waals surface area contributed by atoms with Gasteiger partial charge in [0.05, 0.1) is 10.9 Å². The number of nitrogens with one attached hydrogen (secondary N) is 3. The second-order valence-corrected chi connectivity index (χ2v) is 10.4. The largest absolute Gasteiger partial charge is 0.454 e. The van der Waals surface area contributed by atoms with Gasteiger partial charge in [0.25, 0.3) is 0 Å². The lowest BCUT2D eigenvalue weighted by molar-refractivity contribution is -0.118. The summed E-state index contributed by atoms with van der Waals surface area (Å²) in [5.41, 5.74) is 4.77. The third-order valence-electron chi connectivity index (χ3n) is 6.39. The third kappa shape index (κ3) is 3.73. The second kappa shape index (κ2) is 7.74. The monoisotopic (exact) mass is 451 g/mol. The summed E-state index contributed by atoms with van der Waals surface area (Å²) in [7, 11) is 0. The summed E-state index contributed by atoms with van der Waals surface area (Å²) >= 11 is 1.59. The minimum Gasteiger partial charge on any atom is -0.454 e. The molecule has 168 valence electrons. The lowest BCUT2D eigenvalue weighted by Gasteiger charge is -2.17. The molecule has 0 bridgehead atoms. The maximum atomic E-state index is 13.4. The molecule has 32 heavy (non-hydrogen) atoms. The molecule has 0 saturated heterocycles. The van der Waals surface area contributed by atoms with Gasteiger partial charge >= 0.3 is 0 Å². The van der Waals surface area contributed by atoms with Crippen molar-refractivity contribution in [2.45, 2.75) is 51.0 Å². The summed E-state index contributed by atoms with van der Waals surface area (Å²) in [5, 5.41) is 4.32. The number of carbonyl (C=O) groups excluding carboxylic acids is 1. The summed E-state index contributed by atoms with van der Waals surface area (Å²) in [4.78, 5) is 17.0. The highest BCUT2D eigenvalue weighted by molar-refractivity contribution is 7.96. The summed E-state index contributed by atoms with van der Waals surface area (Å²) in [6, 6.07) is 12.2. The van der Waals surface area contributed by atoms with Gasteiger partial charge in [0.2, 0.25) is 12.7 Å². The first-order valence-electron chi connectivity index (χ1n) is 10.9. The standard InChI is InChI=1S/C25H29N3O3S/c1-24(2,3)21-11-15-9-18(10-16(13-26-32-4)22(15)28-21)27-23(29)25(7-8-25)17-5-6-19-20(12-17)31-14-30-19/h5-6,9-12,26,28H,7-8,13-14H2,1-4H3,(H,27,29). The summed E-state index contributed by atoms with van der Waals surface area (Å²) < 4.78 is 14.3. The van der Waals surface area contributed by atoms with Gasteiger partial charge in [0.1, 0.15) is 0 Å². The van der Waals surface area contributed by atoms with Crippen LogP contribution in [-0.4, -0.2) is 23.9 Å². The number of hydrogen-bond donors (Lipinski definition) is 3. The van der Waals surface area contributed by atoms with Crippen molar-refractivity contribution in [3.63, 3.8) is 0 Å². The normalized spacial score (nSPS) is 16.4. The molecule has 5 rings (SSSR count). The fourth-order valence-electron chi connectivity index (χ4n) is 4.30. The van der Waals surface area contributed by atoms with E-state index >= 15 is 0 Å². The number of aromatic amines is 1. The Kier molecular flexibility index (Phi) is 5.13. The first kappa shape index (κ1) is 21.2. The van der Waals surface area contributed by atoms with E-state index < -0.39 is 5.41 Å². The molecular weight excluding hydrogens is 422 g/mol. The van der Waals surface area contributed by atoms with Crippen LogP contribution in [0.25, 0.3) is 10.9 Å². The molecule has 1 amide bonds. The van der Waals surface area contributed by atoms with Crippen LogP contribution >= 0.6 is 11.9 Å². The Morgan fingerprint density at radius 2 is 1.91 bits per heavy atom. The Labute approximate surface area is 192 Å². The van der Waals surface area contributed by atoms with E-state index in [-0.39, 0.29) is 18.1 Å². The minimum absolute atomic E-state index is 0.0179. The zero-order valence-electron chi connectivity index (χ0n) is 18.9. The van der Waals surface area contributed by atoms with Gasteiger partial charge in [-0.3, -0.25) is 9.52 Å². The first-order chi connectivity index (χ1) is 15.3. The number of anilines is 1. The molecule has 0 spiro atoms. The maximum Gasteiger partial charge on any atom is 0.235 e. The Morgan fingerprint density at radius 3 is 2.62 bits per heavy atom. The van der Waals surface area contributed by atoms with Gasteiger partial charge in [-0.1, -0.05) is 38.8 Å². The van der Waals surface area contributed by atoms with E-state index in [1.807, 2.05) is 24.5 Å². The van der Waals surface area contributed by atoms with Crippen molar-refractivity contribution in [2.24, 2.45) is 0 Å².